The van der Waals surface area contributed by atoms with E-state index in [4.69, 9.17) is 4.74 Å². The Morgan fingerprint density at radius 3 is 2.61 bits per heavy atom. The maximum atomic E-state index is 14.1. The fraction of sp³-hybridized carbons (Fsp3) is 0.565. The summed E-state index contributed by atoms with van der Waals surface area (Å²) in [6, 6.07) is -2.11. The van der Waals surface area contributed by atoms with Crippen molar-refractivity contribution >= 4 is 29.0 Å². The van der Waals surface area contributed by atoms with E-state index in [-0.39, 0.29) is 40.4 Å². The van der Waals surface area contributed by atoms with Crippen molar-refractivity contribution in [3.63, 3.8) is 0 Å². The minimum atomic E-state index is -4.63. The summed E-state index contributed by atoms with van der Waals surface area (Å²) in [6.07, 6.45) is -6.29. The Morgan fingerprint density at radius 2 is 2.03 bits per heavy atom. The third-order valence-electron chi connectivity index (χ3n) is 6.48. The van der Waals surface area contributed by atoms with Crippen LogP contribution in [0.25, 0.3) is 10.4 Å². The lowest BCUT2D eigenvalue weighted by Crippen LogP contribution is -2.42. The molecule has 4 heterocycles. The molecule has 0 spiro atoms. The summed E-state index contributed by atoms with van der Waals surface area (Å²) in [5.74, 6) is -1.71. The third-order valence-corrected chi connectivity index (χ3v) is 7.56. The van der Waals surface area contributed by atoms with Gasteiger partial charge in [-0.05, 0) is 32.8 Å². The first-order valence-electron chi connectivity index (χ1n) is 11.9. The van der Waals surface area contributed by atoms with E-state index in [0.29, 0.717) is 17.9 Å². The number of likely N-dealkylation sites (tertiary alicyclic amines) is 1. The van der Waals surface area contributed by atoms with E-state index in [2.05, 4.69) is 20.6 Å². The number of carbonyl (C=O) groups is 2. The molecule has 2 aromatic heterocycles. The summed E-state index contributed by atoms with van der Waals surface area (Å²) < 4.78 is 72.2. The van der Waals surface area contributed by atoms with Crippen LogP contribution in [0.15, 0.2) is 12.3 Å². The van der Waals surface area contributed by atoms with E-state index >= 15 is 0 Å². The van der Waals surface area contributed by atoms with Gasteiger partial charge >= 0.3 is 6.18 Å². The van der Waals surface area contributed by atoms with Gasteiger partial charge in [-0.25, -0.2) is 18.7 Å². The highest BCUT2D eigenvalue weighted by atomic mass is 32.1. The standard InChI is InChI=1S/C23H26F5N5O4S/c1-10-4-3-5-33(10)22(36)17-18(38-21(32-17)20(35)31-14-8-37-9-15(14)34)13-7-29-16(6-12(13)19(24)25)30-11(2)23(26,27)28/h6-7,10-11,14-15,19,34H,3-5,8-9H2,1-2H3,(H,29,30)(H,31,35)/t10-,11?,14+,15+/m0/s1. The Morgan fingerprint density at radius 1 is 1.29 bits per heavy atom. The van der Waals surface area contributed by atoms with Crippen molar-refractivity contribution in [2.45, 2.75) is 63.5 Å². The number of carbonyl (C=O) groups excluding carboxylic acids is 2. The Bertz CT molecular complexity index is 1190. The van der Waals surface area contributed by atoms with Gasteiger partial charge in [0.15, 0.2) is 5.01 Å². The topological polar surface area (TPSA) is 117 Å². The summed E-state index contributed by atoms with van der Waals surface area (Å²) in [5, 5.41) is 14.3. The van der Waals surface area contributed by atoms with Crippen LogP contribution in [-0.4, -0.2) is 82.0 Å². The van der Waals surface area contributed by atoms with E-state index in [1.807, 2.05) is 6.92 Å². The van der Waals surface area contributed by atoms with Crippen molar-refractivity contribution in [1.29, 1.82) is 0 Å². The molecule has 2 amide bonds. The van der Waals surface area contributed by atoms with Crippen molar-refractivity contribution < 1.29 is 41.4 Å². The van der Waals surface area contributed by atoms with Gasteiger partial charge in [-0.2, -0.15) is 13.2 Å². The second-order valence-electron chi connectivity index (χ2n) is 9.24. The number of aliphatic hydroxyl groups excluding tert-OH is 1. The molecule has 2 saturated heterocycles. The van der Waals surface area contributed by atoms with Crippen LogP contribution < -0.4 is 10.6 Å². The van der Waals surface area contributed by atoms with Gasteiger partial charge in [0, 0.05) is 29.9 Å². The first-order valence-corrected chi connectivity index (χ1v) is 12.7. The highest BCUT2D eigenvalue weighted by Gasteiger charge is 2.37. The summed E-state index contributed by atoms with van der Waals surface area (Å²) >= 11 is 0.682. The van der Waals surface area contributed by atoms with Gasteiger partial charge in [0.1, 0.15) is 17.6 Å². The highest BCUT2D eigenvalue weighted by Crippen LogP contribution is 2.39. The Labute approximate surface area is 218 Å². The summed E-state index contributed by atoms with van der Waals surface area (Å²) in [7, 11) is 0. The molecular weight excluding hydrogens is 537 g/mol. The molecule has 15 heteroatoms. The number of aromatic nitrogens is 2. The Kier molecular flexibility index (Phi) is 8.18. The normalized spacial score (nSPS) is 22.7. The number of halogens is 5. The molecule has 0 radical (unpaired) electrons. The number of hydrogen-bond donors (Lipinski definition) is 3. The molecule has 2 aromatic rings. The number of amides is 2. The predicted molar refractivity (Wildman–Crippen MR) is 127 cm³/mol. The molecule has 2 aliphatic rings. The van der Waals surface area contributed by atoms with E-state index < -0.39 is 54.0 Å². The van der Waals surface area contributed by atoms with Gasteiger partial charge in [-0.3, -0.25) is 9.59 Å². The fourth-order valence-corrected chi connectivity index (χ4v) is 5.24. The smallest absolute Gasteiger partial charge is 0.388 e. The summed E-state index contributed by atoms with van der Waals surface area (Å²) in [4.78, 5) is 35.9. The molecule has 0 bridgehead atoms. The molecule has 2 fully saturated rings. The second-order valence-corrected chi connectivity index (χ2v) is 10.2. The lowest BCUT2D eigenvalue weighted by Gasteiger charge is -2.21. The molecule has 38 heavy (non-hydrogen) atoms. The second kappa shape index (κ2) is 11.1. The largest absolute Gasteiger partial charge is 0.408 e. The van der Waals surface area contributed by atoms with E-state index in [9.17, 15) is 36.6 Å². The molecule has 208 valence electrons. The minimum absolute atomic E-state index is 0.0292. The van der Waals surface area contributed by atoms with Crippen molar-refractivity contribution in [3.8, 4) is 10.4 Å². The molecule has 0 aromatic carbocycles. The van der Waals surface area contributed by atoms with Gasteiger partial charge in [0.25, 0.3) is 18.2 Å². The number of alkyl halides is 5. The summed E-state index contributed by atoms with van der Waals surface area (Å²) in [6.45, 7) is 3.17. The molecule has 9 nitrogen and oxygen atoms in total. The van der Waals surface area contributed by atoms with Gasteiger partial charge in [0.2, 0.25) is 0 Å². The van der Waals surface area contributed by atoms with Crippen LogP contribution >= 0.6 is 11.3 Å². The maximum Gasteiger partial charge on any atom is 0.408 e. The monoisotopic (exact) mass is 563 g/mol. The molecule has 1 unspecified atom stereocenters. The van der Waals surface area contributed by atoms with Crippen molar-refractivity contribution in [1.82, 2.24) is 20.2 Å². The van der Waals surface area contributed by atoms with Crippen LogP contribution in [0.4, 0.5) is 27.8 Å². The average molecular weight is 564 g/mol. The average Bonchev–Trinajstić information content (AvgIpc) is 3.58. The number of ether oxygens (including phenoxy) is 1. The minimum Gasteiger partial charge on any atom is -0.388 e. The number of nitrogens with zero attached hydrogens (tertiary/aromatic N) is 3. The zero-order valence-corrected chi connectivity index (χ0v) is 21.2. The number of hydrogen-bond acceptors (Lipinski definition) is 8. The lowest BCUT2D eigenvalue weighted by molar-refractivity contribution is -0.138. The molecule has 2 aliphatic heterocycles. The lowest BCUT2D eigenvalue weighted by atomic mass is 10.1. The van der Waals surface area contributed by atoms with Crippen molar-refractivity contribution in [3.05, 3.63) is 28.5 Å². The number of thiazole rings is 1. The van der Waals surface area contributed by atoms with E-state index in [1.54, 1.807) is 0 Å². The molecule has 0 aliphatic carbocycles. The molecule has 4 rings (SSSR count). The number of aliphatic hydroxyl groups is 1. The first kappa shape index (κ1) is 28.1. The van der Waals surface area contributed by atoms with Crippen LogP contribution in [0.3, 0.4) is 0 Å². The van der Waals surface area contributed by atoms with E-state index in [1.165, 1.54) is 4.90 Å². The summed E-state index contributed by atoms with van der Waals surface area (Å²) in [5.41, 5.74) is -1.12. The number of nitrogens with one attached hydrogen (secondary N) is 2. The van der Waals surface area contributed by atoms with Crippen LogP contribution in [0.1, 0.15) is 59.0 Å². The van der Waals surface area contributed by atoms with Crippen LogP contribution in [0.5, 0.6) is 0 Å². The highest BCUT2D eigenvalue weighted by molar-refractivity contribution is 7.17. The van der Waals surface area contributed by atoms with E-state index in [0.717, 1.165) is 32.0 Å². The zero-order chi connectivity index (χ0) is 27.8. The quantitative estimate of drug-likeness (QED) is 0.441. The maximum absolute atomic E-state index is 14.1. The van der Waals surface area contributed by atoms with Crippen LogP contribution in [-0.2, 0) is 4.74 Å². The predicted octanol–water partition coefficient (Wildman–Crippen LogP) is 3.62. The van der Waals surface area contributed by atoms with Gasteiger partial charge in [0.05, 0.1) is 30.2 Å². The van der Waals surface area contributed by atoms with Gasteiger partial charge in [-0.15, -0.1) is 11.3 Å². The Hall–Kier alpha value is -2.91. The van der Waals surface area contributed by atoms with Gasteiger partial charge in [-0.1, -0.05) is 0 Å². The van der Waals surface area contributed by atoms with Crippen molar-refractivity contribution in [2.24, 2.45) is 0 Å². The Balaban J connectivity index is 1.74. The third kappa shape index (κ3) is 5.89. The number of anilines is 1. The van der Waals surface area contributed by atoms with Gasteiger partial charge < -0.3 is 25.4 Å². The van der Waals surface area contributed by atoms with Crippen LogP contribution in [0.2, 0.25) is 0 Å². The fourth-order valence-electron chi connectivity index (χ4n) is 4.25. The van der Waals surface area contributed by atoms with Crippen LogP contribution in [0, 0.1) is 0 Å². The molecule has 4 atom stereocenters. The molecule has 0 saturated carbocycles. The SMILES string of the molecule is CC(Nc1cc(C(F)F)c(-c2sc(C(=O)N[C@@H]3COC[C@H]3O)nc2C(=O)N2CCC[C@@H]2C)cn1)C(F)(F)F. The zero-order valence-electron chi connectivity index (χ0n) is 20.4. The molecule has 3 N–H and O–H groups in total. The van der Waals surface area contributed by atoms with Crippen molar-refractivity contribution in [2.75, 3.05) is 25.1 Å². The number of rotatable bonds is 7. The molecular formula is C23H26F5N5O4S. The first-order chi connectivity index (χ1) is 17.9. The number of pyridine rings is 1.